The van der Waals surface area contributed by atoms with Crippen LogP contribution < -0.4 is 10.6 Å². The average Bonchev–Trinajstić information content (AvgIpc) is 2.46. The van der Waals surface area contributed by atoms with Crippen molar-refractivity contribution in [3.63, 3.8) is 0 Å². The molecule has 3 heteroatoms. The summed E-state index contributed by atoms with van der Waals surface area (Å²) >= 11 is 0. The van der Waals surface area contributed by atoms with Crippen LogP contribution in [-0.4, -0.2) is 37.6 Å². The maximum absolute atomic E-state index is 3.64. The van der Waals surface area contributed by atoms with Crippen LogP contribution in [0, 0.1) is 0 Å². The molecule has 1 unspecified atom stereocenters. The molecule has 106 valence electrons. The highest BCUT2D eigenvalue weighted by molar-refractivity contribution is 5.50. The number of hydrogen-bond acceptors (Lipinski definition) is 3. The Kier molecular flexibility index (Phi) is 5.67. The molecular formula is C16H27N3. The summed E-state index contributed by atoms with van der Waals surface area (Å²) in [5.74, 6) is 0. The third-order valence-electron chi connectivity index (χ3n) is 3.91. The van der Waals surface area contributed by atoms with Crippen LogP contribution in [0.25, 0.3) is 0 Å². The molecule has 1 aliphatic heterocycles. The first-order valence-electron chi connectivity index (χ1n) is 7.51. The lowest BCUT2D eigenvalue weighted by Gasteiger charge is -2.29. The summed E-state index contributed by atoms with van der Waals surface area (Å²) in [5.41, 5.74) is 2.57. The summed E-state index contributed by atoms with van der Waals surface area (Å²) in [6.07, 6.45) is 4.15. The van der Waals surface area contributed by atoms with E-state index >= 15 is 0 Å². The van der Waals surface area contributed by atoms with Gasteiger partial charge in [0.1, 0.15) is 0 Å². The van der Waals surface area contributed by atoms with Gasteiger partial charge in [0.05, 0.1) is 0 Å². The maximum atomic E-state index is 3.64. The Morgan fingerprint density at radius 1 is 1.16 bits per heavy atom. The summed E-state index contributed by atoms with van der Waals surface area (Å²) in [7, 11) is 1.98. The van der Waals surface area contributed by atoms with Crippen molar-refractivity contribution in [2.24, 2.45) is 0 Å². The van der Waals surface area contributed by atoms with E-state index in [1.54, 1.807) is 0 Å². The molecule has 0 saturated carbocycles. The molecule has 0 aliphatic carbocycles. The zero-order valence-electron chi connectivity index (χ0n) is 12.3. The topological polar surface area (TPSA) is 27.3 Å². The number of likely N-dealkylation sites (tertiary alicyclic amines) is 1. The van der Waals surface area contributed by atoms with E-state index in [1.165, 1.54) is 50.1 Å². The molecule has 0 spiro atoms. The summed E-state index contributed by atoms with van der Waals surface area (Å²) < 4.78 is 0. The van der Waals surface area contributed by atoms with Gasteiger partial charge in [0.2, 0.25) is 0 Å². The van der Waals surface area contributed by atoms with Crippen LogP contribution >= 0.6 is 0 Å². The molecule has 1 heterocycles. The molecule has 0 bridgehead atoms. The van der Waals surface area contributed by atoms with E-state index < -0.39 is 0 Å². The summed E-state index contributed by atoms with van der Waals surface area (Å²) in [6, 6.07) is 9.04. The number of benzene rings is 1. The van der Waals surface area contributed by atoms with E-state index in [0.717, 1.165) is 6.54 Å². The van der Waals surface area contributed by atoms with Gasteiger partial charge in [0.15, 0.2) is 0 Å². The molecule has 2 rings (SSSR count). The van der Waals surface area contributed by atoms with Gasteiger partial charge < -0.3 is 15.5 Å². The van der Waals surface area contributed by atoms with Gasteiger partial charge in [-0.05, 0) is 44.5 Å². The van der Waals surface area contributed by atoms with Crippen molar-refractivity contribution in [2.75, 3.05) is 32.0 Å². The van der Waals surface area contributed by atoms with Crippen molar-refractivity contribution in [1.29, 1.82) is 0 Å². The molecule has 19 heavy (non-hydrogen) atoms. The number of nitrogens with zero attached hydrogens (tertiary/aromatic N) is 1. The second kappa shape index (κ2) is 7.51. The van der Waals surface area contributed by atoms with Gasteiger partial charge in [-0.1, -0.05) is 24.6 Å². The lowest BCUT2D eigenvalue weighted by atomic mass is 10.1. The highest BCUT2D eigenvalue weighted by atomic mass is 15.1. The highest BCUT2D eigenvalue weighted by Gasteiger charge is 2.13. The van der Waals surface area contributed by atoms with Gasteiger partial charge in [-0.25, -0.2) is 0 Å². The average molecular weight is 261 g/mol. The number of nitrogens with one attached hydrogen (secondary N) is 2. The Hall–Kier alpha value is -1.06. The minimum Gasteiger partial charge on any atom is -0.388 e. The molecule has 1 fully saturated rings. The number of piperidine rings is 1. The fourth-order valence-corrected chi connectivity index (χ4v) is 2.80. The fourth-order valence-electron chi connectivity index (χ4n) is 2.80. The Bertz CT molecular complexity index is 372. The first-order chi connectivity index (χ1) is 9.29. The molecular weight excluding hydrogens is 234 g/mol. The van der Waals surface area contributed by atoms with Crippen LogP contribution in [0.4, 0.5) is 5.69 Å². The molecule has 0 amide bonds. The van der Waals surface area contributed by atoms with Crippen LogP contribution in [0.15, 0.2) is 24.3 Å². The van der Waals surface area contributed by atoms with E-state index in [2.05, 4.69) is 46.7 Å². The lowest BCUT2D eigenvalue weighted by molar-refractivity contribution is 0.209. The van der Waals surface area contributed by atoms with E-state index in [4.69, 9.17) is 0 Å². The Morgan fingerprint density at radius 2 is 1.89 bits per heavy atom. The summed E-state index contributed by atoms with van der Waals surface area (Å²) in [6.45, 7) is 6.95. The SMILES string of the molecule is CNc1ccccc1CNC(C)CN1CCCCC1. The standard InChI is InChI=1S/C16H27N3/c1-14(13-19-10-6-3-7-11-19)18-12-15-8-4-5-9-16(15)17-2/h4-5,8-9,14,17-18H,3,6-7,10-13H2,1-2H3. The van der Waals surface area contributed by atoms with Gasteiger partial charge in [-0.2, -0.15) is 0 Å². The quantitative estimate of drug-likeness (QED) is 0.824. The number of anilines is 1. The van der Waals surface area contributed by atoms with Crippen molar-refractivity contribution in [3.8, 4) is 0 Å². The van der Waals surface area contributed by atoms with E-state index in [0.29, 0.717) is 6.04 Å². The molecule has 1 saturated heterocycles. The van der Waals surface area contributed by atoms with Gasteiger partial charge in [0, 0.05) is 31.9 Å². The molecule has 1 aromatic rings. The second-order valence-electron chi connectivity index (χ2n) is 5.55. The molecule has 1 aliphatic rings. The fraction of sp³-hybridized carbons (Fsp3) is 0.625. The zero-order valence-corrected chi connectivity index (χ0v) is 12.3. The predicted molar refractivity (Wildman–Crippen MR) is 82.6 cm³/mol. The van der Waals surface area contributed by atoms with Crippen molar-refractivity contribution in [1.82, 2.24) is 10.2 Å². The second-order valence-corrected chi connectivity index (χ2v) is 5.55. The van der Waals surface area contributed by atoms with Crippen LogP contribution in [0.1, 0.15) is 31.7 Å². The van der Waals surface area contributed by atoms with Crippen molar-refractivity contribution >= 4 is 5.69 Å². The maximum Gasteiger partial charge on any atom is 0.0383 e. The monoisotopic (exact) mass is 261 g/mol. The van der Waals surface area contributed by atoms with E-state index in [9.17, 15) is 0 Å². The normalized spacial score (nSPS) is 18.2. The Labute approximate surface area is 117 Å². The Morgan fingerprint density at radius 3 is 2.63 bits per heavy atom. The van der Waals surface area contributed by atoms with Gasteiger partial charge in [0.25, 0.3) is 0 Å². The molecule has 2 N–H and O–H groups in total. The minimum atomic E-state index is 0.544. The van der Waals surface area contributed by atoms with Crippen molar-refractivity contribution in [3.05, 3.63) is 29.8 Å². The van der Waals surface area contributed by atoms with Crippen molar-refractivity contribution < 1.29 is 0 Å². The summed E-state index contributed by atoms with van der Waals surface area (Å²) in [5, 5.41) is 6.89. The van der Waals surface area contributed by atoms with Crippen LogP contribution in [0.3, 0.4) is 0 Å². The number of hydrogen-bond donors (Lipinski definition) is 2. The molecule has 1 aromatic carbocycles. The first kappa shape index (κ1) is 14.4. The lowest BCUT2D eigenvalue weighted by Crippen LogP contribution is -2.41. The Balaban J connectivity index is 1.77. The molecule has 0 aromatic heterocycles. The predicted octanol–water partition coefficient (Wildman–Crippen LogP) is 2.69. The van der Waals surface area contributed by atoms with E-state index in [-0.39, 0.29) is 0 Å². The smallest absolute Gasteiger partial charge is 0.0383 e. The largest absolute Gasteiger partial charge is 0.388 e. The first-order valence-corrected chi connectivity index (χ1v) is 7.51. The van der Waals surface area contributed by atoms with Crippen LogP contribution in [0.5, 0.6) is 0 Å². The van der Waals surface area contributed by atoms with Gasteiger partial charge >= 0.3 is 0 Å². The van der Waals surface area contributed by atoms with Crippen LogP contribution in [0.2, 0.25) is 0 Å². The summed E-state index contributed by atoms with van der Waals surface area (Å²) in [4.78, 5) is 2.59. The van der Waals surface area contributed by atoms with E-state index in [1.807, 2.05) is 7.05 Å². The highest BCUT2D eigenvalue weighted by Crippen LogP contribution is 2.14. The van der Waals surface area contributed by atoms with Gasteiger partial charge in [-0.3, -0.25) is 0 Å². The molecule has 0 radical (unpaired) electrons. The third kappa shape index (κ3) is 4.51. The number of rotatable bonds is 6. The number of para-hydroxylation sites is 1. The van der Waals surface area contributed by atoms with Crippen LogP contribution in [-0.2, 0) is 6.54 Å². The molecule has 1 atom stereocenters. The zero-order chi connectivity index (χ0) is 13.5. The minimum absolute atomic E-state index is 0.544. The third-order valence-corrected chi connectivity index (χ3v) is 3.91. The van der Waals surface area contributed by atoms with Crippen molar-refractivity contribution in [2.45, 2.75) is 38.8 Å². The molecule has 3 nitrogen and oxygen atoms in total. The van der Waals surface area contributed by atoms with Gasteiger partial charge in [-0.15, -0.1) is 0 Å².